The Hall–Kier alpha value is -0.0800. The molecule has 86 valence electrons. The predicted octanol–water partition coefficient (Wildman–Crippen LogP) is 4.09. The number of rotatable bonds is 10. The highest BCUT2D eigenvalue weighted by Gasteiger charge is 2.06. The third kappa shape index (κ3) is 8.52. The Labute approximate surface area is 88.9 Å². The summed E-state index contributed by atoms with van der Waals surface area (Å²) in [5.41, 5.74) is 0. The standard InChI is InChI=1S/C12H26O2/c1-4-7-8-9-10-11-12(5-2)14-13-6-3/h12H,4-11H2,1-3H3. The van der Waals surface area contributed by atoms with Gasteiger partial charge in [0.2, 0.25) is 0 Å². The highest BCUT2D eigenvalue weighted by Crippen LogP contribution is 2.11. The predicted molar refractivity (Wildman–Crippen MR) is 60.2 cm³/mol. The van der Waals surface area contributed by atoms with Crippen LogP contribution in [-0.2, 0) is 9.78 Å². The van der Waals surface area contributed by atoms with Gasteiger partial charge in [-0.15, -0.1) is 0 Å². The summed E-state index contributed by atoms with van der Waals surface area (Å²) in [6.07, 6.45) is 9.13. The third-order valence-electron chi connectivity index (χ3n) is 2.41. The Kier molecular flexibility index (Phi) is 10.9. The first-order chi connectivity index (χ1) is 6.85. The highest BCUT2D eigenvalue weighted by atomic mass is 17.2. The maximum absolute atomic E-state index is 5.25. The molecule has 14 heavy (non-hydrogen) atoms. The van der Waals surface area contributed by atoms with Gasteiger partial charge in [0.1, 0.15) is 0 Å². The van der Waals surface area contributed by atoms with Gasteiger partial charge in [0.25, 0.3) is 0 Å². The van der Waals surface area contributed by atoms with Crippen molar-refractivity contribution in [3.8, 4) is 0 Å². The zero-order valence-electron chi connectivity index (χ0n) is 10.1. The second-order valence-electron chi connectivity index (χ2n) is 3.74. The molecule has 0 aromatic carbocycles. The van der Waals surface area contributed by atoms with E-state index in [9.17, 15) is 0 Å². The number of hydrogen-bond donors (Lipinski definition) is 0. The average molecular weight is 202 g/mol. The van der Waals surface area contributed by atoms with Crippen LogP contribution < -0.4 is 0 Å². The van der Waals surface area contributed by atoms with E-state index in [4.69, 9.17) is 9.78 Å². The molecule has 0 saturated carbocycles. The number of hydrogen-bond acceptors (Lipinski definition) is 2. The van der Waals surface area contributed by atoms with Crippen molar-refractivity contribution >= 4 is 0 Å². The highest BCUT2D eigenvalue weighted by molar-refractivity contribution is 4.54. The summed E-state index contributed by atoms with van der Waals surface area (Å²) in [6.45, 7) is 6.99. The van der Waals surface area contributed by atoms with Gasteiger partial charge in [0.15, 0.2) is 0 Å². The molecule has 0 aliphatic heterocycles. The molecule has 0 bridgehead atoms. The summed E-state index contributed by atoms with van der Waals surface area (Å²) in [4.78, 5) is 10.2. The fourth-order valence-corrected chi connectivity index (χ4v) is 1.46. The molecule has 1 atom stereocenters. The molecule has 0 rings (SSSR count). The van der Waals surface area contributed by atoms with Gasteiger partial charge < -0.3 is 0 Å². The second-order valence-corrected chi connectivity index (χ2v) is 3.74. The maximum Gasteiger partial charge on any atom is 0.0927 e. The van der Waals surface area contributed by atoms with E-state index in [1.165, 1.54) is 32.1 Å². The fourth-order valence-electron chi connectivity index (χ4n) is 1.46. The van der Waals surface area contributed by atoms with Crippen molar-refractivity contribution in [2.45, 2.75) is 71.8 Å². The molecule has 0 amide bonds. The zero-order chi connectivity index (χ0) is 10.6. The molecule has 0 radical (unpaired) electrons. The number of unbranched alkanes of at least 4 members (excludes halogenated alkanes) is 4. The molecule has 2 heteroatoms. The van der Waals surface area contributed by atoms with Crippen molar-refractivity contribution in [2.24, 2.45) is 0 Å². The zero-order valence-corrected chi connectivity index (χ0v) is 10.1. The minimum atomic E-state index is 0.302. The van der Waals surface area contributed by atoms with Gasteiger partial charge in [0.05, 0.1) is 12.7 Å². The monoisotopic (exact) mass is 202 g/mol. The third-order valence-corrected chi connectivity index (χ3v) is 2.41. The van der Waals surface area contributed by atoms with Crippen LogP contribution in [0, 0.1) is 0 Å². The molecule has 0 heterocycles. The van der Waals surface area contributed by atoms with Gasteiger partial charge in [-0.3, -0.25) is 0 Å². The Morgan fingerprint density at radius 1 is 0.929 bits per heavy atom. The lowest BCUT2D eigenvalue weighted by Crippen LogP contribution is -2.12. The summed E-state index contributed by atoms with van der Waals surface area (Å²) in [5, 5.41) is 0. The van der Waals surface area contributed by atoms with Crippen molar-refractivity contribution in [1.82, 2.24) is 0 Å². The summed E-state index contributed by atoms with van der Waals surface area (Å²) >= 11 is 0. The van der Waals surface area contributed by atoms with E-state index in [-0.39, 0.29) is 0 Å². The quantitative estimate of drug-likeness (QED) is 0.302. The molecule has 0 saturated heterocycles. The van der Waals surface area contributed by atoms with Crippen molar-refractivity contribution in [2.75, 3.05) is 6.61 Å². The van der Waals surface area contributed by atoms with Gasteiger partial charge in [-0.25, -0.2) is 9.78 Å². The van der Waals surface area contributed by atoms with Crippen LogP contribution in [0.1, 0.15) is 65.7 Å². The van der Waals surface area contributed by atoms with Crippen LogP contribution in [0.15, 0.2) is 0 Å². The Balaban J connectivity index is 3.24. The minimum Gasteiger partial charge on any atom is -0.237 e. The van der Waals surface area contributed by atoms with Gasteiger partial charge in [-0.2, -0.15) is 0 Å². The van der Waals surface area contributed by atoms with Gasteiger partial charge >= 0.3 is 0 Å². The van der Waals surface area contributed by atoms with Crippen LogP contribution in [0.25, 0.3) is 0 Å². The average Bonchev–Trinajstić information content (AvgIpc) is 2.22. The normalized spacial score (nSPS) is 13.1. The van der Waals surface area contributed by atoms with Gasteiger partial charge in [-0.05, 0) is 19.8 Å². The maximum atomic E-state index is 5.25. The lowest BCUT2D eigenvalue weighted by atomic mass is 10.1. The van der Waals surface area contributed by atoms with Crippen molar-refractivity contribution in [1.29, 1.82) is 0 Å². The molecular weight excluding hydrogens is 176 g/mol. The SMILES string of the molecule is CCCCCCCC(CC)OOCC. The first kappa shape index (κ1) is 13.9. The van der Waals surface area contributed by atoms with Crippen molar-refractivity contribution in [3.63, 3.8) is 0 Å². The molecule has 2 nitrogen and oxygen atoms in total. The lowest BCUT2D eigenvalue weighted by Gasteiger charge is -2.13. The van der Waals surface area contributed by atoms with E-state index >= 15 is 0 Å². The molecule has 0 aromatic heterocycles. The van der Waals surface area contributed by atoms with Crippen molar-refractivity contribution in [3.05, 3.63) is 0 Å². The van der Waals surface area contributed by atoms with E-state index < -0.39 is 0 Å². The summed E-state index contributed by atoms with van der Waals surface area (Å²) < 4.78 is 0. The first-order valence-corrected chi connectivity index (χ1v) is 6.13. The minimum absolute atomic E-state index is 0.302. The molecule has 0 N–H and O–H groups in total. The van der Waals surface area contributed by atoms with Crippen LogP contribution >= 0.6 is 0 Å². The van der Waals surface area contributed by atoms with E-state index in [0.717, 1.165) is 12.8 Å². The fraction of sp³-hybridized carbons (Fsp3) is 1.00. The van der Waals surface area contributed by atoms with E-state index in [1.807, 2.05) is 6.92 Å². The lowest BCUT2D eigenvalue weighted by molar-refractivity contribution is -0.322. The van der Waals surface area contributed by atoms with Crippen molar-refractivity contribution < 1.29 is 9.78 Å². The summed E-state index contributed by atoms with van der Waals surface area (Å²) in [5.74, 6) is 0. The molecule has 1 unspecified atom stereocenters. The Morgan fingerprint density at radius 3 is 2.21 bits per heavy atom. The van der Waals surface area contributed by atoms with Crippen LogP contribution in [0.4, 0.5) is 0 Å². The molecule has 0 aliphatic carbocycles. The van der Waals surface area contributed by atoms with Crippen LogP contribution in [0.5, 0.6) is 0 Å². The first-order valence-electron chi connectivity index (χ1n) is 6.13. The molecule has 0 aliphatic rings. The largest absolute Gasteiger partial charge is 0.237 e. The smallest absolute Gasteiger partial charge is 0.0927 e. The molecule has 0 aromatic rings. The molecule has 0 fully saturated rings. The van der Waals surface area contributed by atoms with Gasteiger partial charge in [-0.1, -0.05) is 46.0 Å². The van der Waals surface area contributed by atoms with Crippen LogP contribution in [0.2, 0.25) is 0 Å². The topological polar surface area (TPSA) is 18.5 Å². The summed E-state index contributed by atoms with van der Waals surface area (Å²) in [7, 11) is 0. The van der Waals surface area contributed by atoms with Crippen LogP contribution in [-0.4, -0.2) is 12.7 Å². The second kappa shape index (κ2) is 11.0. The Bertz CT molecular complexity index is 104. The van der Waals surface area contributed by atoms with Gasteiger partial charge in [0, 0.05) is 0 Å². The van der Waals surface area contributed by atoms with E-state index in [0.29, 0.717) is 12.7 Å². The Morgan fingerprint density at radius 2 is 1.64 bits per heavy atom. The summed E-state index contributed by atoms with van der Waals surface area (Å²) in [6, 6.07) is 0. The van der Waals surface area contributed by atoms with E-state index in [1.54, 1.807) is 0 Å². The van der Waals surface area contributed by atoms with E-state index in [2.05, 4.69) is 13.8 Å². The molecule has 0 spiro atoms. The van der Waals surface area contributed by atoms with Crippen LogP contribution in [0.3, 0.4) is 0 Å². The molecular formula is C12H26O2.